The molecule has 1 aliphatic heterocycles. The molecule has 0 aromatic carbocycles. The van der Waals surface area contributed by atoms with Gasteiger partial charge < -0.3 is 0 Å². The zero-order valence-electron chi connectivity index (χ0n) is 7.37. The number of halogens is 5. The van der Waals surface area contributed by atoms with Gasteiger partial charge in [-0.3, -0.25) is 0 Å². The van der Waals surface area contributed by atoms with Crippen LogP contribution in [0.3, 0.4) is 0 Å². The van der Waals surface area contributed by atoms with E-state index in [2.05, 4.69) is 6.58 Å². The largest absolute Gasteiger partial charge is 0.374 e. The van der Waals surface area contributed by atoms with Gasteiger partial charge in [-0.05, 0) is 12.8 Å². The topological polar surface area (TPSA) is 3.24 Å². The summed E-state index contributed by atoms with van der Waals surface area (Å²) in [6, 6.07) is -4.48. The Morgan fingerprint density at radius 2 is 1.50 bits per heavy atom. The lowest BCUT2D eigenvalue weighted by molar-refractivity contribution is -0.269. The van der Waals surface area contributed by atoms with E-state index in [0.29, 0.717) is 12.8 Å². The summed E-state index contributed by atoms with van der Waals surface area (Å²) in [7, 11) is 0. The van der Waals surface area contributed by atoms with Crippen molar-refractivity contribution in [1.82, 2.24) is 4.90 Å². The molecule has 6 heteroatoms. The molecule has 1 heterocycles. The van der Waals surface area contributed by atoms with Crippen molar-refractivity contribution in [2.75, 3.05) is 13.1 Å². The van der Waals surface area contributed by atoms with Crippen molar-refractivity contribution in [2.24, 2.45) is 0 Å². The molecular formula is C8H10F5N. The average molecular weight is 215 g/mol. The molecule has 1 fully saturated rings. The van der Waals surface area contributed by atoms with Gasteiger partial charge in [-0.25, -0.2) is 9.29 Å². The molecule has 1 nitrogen and oxygen atoms in total. The highest BCUT2D eigenvalue weighted by Crippen LogP contribution is 2.43. The molecule has 1 rings (SSSR count). The van der Waals surface area contributed by atoms with E-state index in [9.17, 15) is 22.0 Å². The maximum absolute atomic E-state index is 13.0. The minimum atomic E-state index is -4.81. The molecule has 82 valence electrons. The summed E-state index contributed by atoms with van der Waals surface area (Å²) in [4.78, 5) is 0.289. The number of likely N-dealkylation sites (tertiary alicyclic amines) is 1. The fourth-order valence-corrected chi connectivity index (χ4v) is 1.36. The van der Waals surface area contributed by atoms with Gasteiger partial charge in [0.05, 0.1) is 0 Å². The molecule has 0 saturated carbocycles. The van der Waals surface area contributed by atoms with Crippen LogP contribution in [0.1, 0.15) is 12.8 Å². The van der Waals surface area contributed by atoms with Crippen LogP contribution in [0.25, 0.3) is 0 Å². The molecule has 0 amide bonds. The monoisotopic (exact) mass is 215 g/mol. The average Bonchev–Trinajstić information content (AvgIpc) is 2.55. The molecule has 1 aliphatic rings. The second kappa shape index (κ2) is 3.49. The molecule has 0 aromatic heterocycles. The van der Waals surface area contributed by atoms with Gasteiger partial charge in [0.25, 0.3) is 0 Å². The number of hydrogen-bond acceptors (Lipinski definition) is 1. The molecule has 0 N–H and O–H groups in total. The third kappa shape index (κ3) is 1.63. The summed E-state index contributed by atoms with van der Waals surface area (Å²) < 4.78 is 63.7. The van der Waals surface area contributed by atoms with E-state index in [0.717, 1.165) is 0 Å². The van der Waals surface area contributed by atoms with Gasteiger partial charge in [0.1, 0.15) is 0 Å². The van der Waals surface area contributed by atoms with Crippen LogP contribution in [0, 0.1) is 0 Å². The van der Waals surface area contributed by atoms with Gasteiger partial charge in [-0.2, -0.15) is 17.6 Å². The van der Waals surface area contributed by atoms with Gasteiger partial charge in [-0.1, -0.05) is 6.58 Å². The van der Waals surface area contributed by atoms with Crippen molar-refractivity contribution in [2.45, 2.75) is 24.8 Å². The van der Waals surface area contributed by atoms with Crippen LogP contribution in [0.15, 0.2) is 12.4 Å². The van der Waals surface area contributed by atoms with Crippen LogP contribution >= 0.6 is 0 Å². The Hall–Kier alpha value is -0.650. The maximum Gasteiger partial charge on any atom is 0.374 e. The normalized spacial score (nSPS) is 20.1. The van der Waals surface area contributed by atoms with Crippen molar-refractivity contribution in [3.63, 3.8) is 0 Å². The fraction of sp³-hybridized carbons (Fsp3) is 0.750. The Labute approximate surface area is 78.2 Å². The molecule has 0 atom stereocenters. The molecule has 0 bridgehead atoms. The van der Waals surface area contributed by atoms with Crippen molar-refractivity contribution >= 4 is 0 Å². The van der Waals surface area contributed by atoms with E-state index in [1.807, 2.05) is 0 Å². The van der Waals surface area contributed by atoms with Crippen LogP contribution in [-0.4, -0.2) is 30.0 Å². The first-order chi connectivity index (χ1) is 6.30. The third-order valence-corrected chi connectivity index (χ3v) is 2.22. The van der Waals surface area contributed by atoms with Crippen LogP contribution in [0.5, 0.6) is 0 Å². The van der Waals surface area contributed by atoms with E-state index >= 15 is 0 Å². The summed E-state index contributed by atoms with van der Waals surface area (Å²) in [5, 5.41) is 0. The summed E-state index contributed by atoms with van der Waals surface area (Å²) in [5.41, 5.74) is 0. The second-order valence-corrected chi connectivity index (χ2v) is 3.21. The summed E-state index contributed by atoms with van der Waals surface area (Å²) in [6.45, 7) is 1.96. The summed E-state index contributed by atoms with van der Waals surface area (Å²) in [6.07, 6.45) is 0.842. The van der Waals surface area contributed by atoms with E-state index in [1.54, 1.807) is 0 Å². The maximum atomic E-state index is 13.0. The van der Waals surface area contributed by atoms with Crippen LogP contribution < -0.4 is 0 Å². The minimum absolute atomic E-state index is 0.143. The van der Waals surface area contributed by atoms with Crippen LogP contribution in [0.4, 0.5) is 22.0 Å². The van der Waals surface area contributed by atoms with Crippen LogP contribution in [0.2, 0.25) is 0 Å². The zero-order valence-corrected chi connectivity index (χ0v) is 7.37. The molecule has 14 heavy (non-hydrogen) atoms. The molecular weight excluding hydrogens is 205 g/mol. The minimum Gasteiger partial charge on any atom is -0.239 e. The highest BCUT2D eigenvalue weighted by atomic mass is 19.3. The van der Waals surface area contributed by atoms with E-state index in [4.69, 9.17) is 0 Å². The molecule has 0 aliphatic carbocycles. The number of nitrogens with zero attached hydrogens (tertiary/aromatic N) is 1. The van der Waals surface area contributed by atoms with E-state index in [1.165, 1.54) is 0 Å². The molecule has 0 aromatic rings. The SMILES string of the molecule is C=C(F)C(F)(F)C(F)(F)N1CCCC1. The van der Waals surface area contributed by atoms with Crippen LogP contribution in [-0.2, 0) is 0 Å². The third-order valence-electron chi connectivity index (χ3n) is 2.22. The Morgan fingerprint density at radius 3 is 1.86 bits per heavy atom. The Balaban J connectivity index is 2.86. The lowest BCUT2D eigenvalue weighted by atomic mass is 10.2. The smallest absolute Gasteiger partial charge is 0.239 e. The van der Waals surface area contributed by atoms with E-state index < -0.39 is 17.8 Å². The first-order valence-electron chi connectivity index (χ1n) is 4.15. The zero-order chi connectivity index (χ0) is 11.0. The van der Waals surface area contributed by atoms with Gasteiger partial charge in [0.15, 0.2) is 5.83 Å². The summed E-state index contributed by atoms with van der Waals surface area (Å²) in [5.74, 6) is -7.11. The fourth-order valence-electron chi connectivity index (χ4n) is 1.36. The second-order valence-electron chi connectivity index (χ2n) is 3.21. The highest BCUT2D eigenvalue weighted by Gasteiger charge is 2.62. The first-order valence-corrected chi connectivity index (χ1v) is 4.15. The van der Waals surface area contributed by atoms with Gasteiger partial charge >= 0.3 is 12.0 Å². The van der Waals surface area contributed by atoms with Gasteiger partial charge in [0, 0.05) is 13.1 Å². The molecule has 0 unspecified atom stereocenters. The molecule has 1 saturated heterocycles. The van der Waals surface area contributed by atoms with Gasteiger partial charge in [-0.15, -0.1) is 0 Å². The van der Waals surface area contributed by atoms with Crippen molar-refractivity contribution in [3.05, 3.63) is 12.4 Å². The number of hydrogen-bond donors (Lipinski definition) is 0. The van der Waals surface area contributed by atoms with E-state index in [-0.39, 0.29) is 18.0 Å². The Kier molecular flexibility index (Phi) is 2.85. The predicted molar refractivity (Wildman–Crippen MR) is 40.9 cm³/mol. The lowest BCUT2D eigenvalue weighted by Crippen LogP contribution is -2.53. The Bertz CT molecular complexity index is 232. The summed E-state index contributed by atoms with van der Waals surface area (Å²) >= 11 is 0. The van der Waals surface area contributed by atoms with Crippen molar-refractivity contribution in [1.29, 1.82) is 0 Å². The molecule has 0 radical (unpaired) electrons. The van der Waals surface area contributed by atoms with Crippen molar-refractivity contribution < 1.29 is 22.0 Å². The lowest BCUT2D eigenvalue weighted by Gasteiger charge is -2.32. The van der Waals surface area contributed by atoms with Crippen molar-refractivity contribution in [3.8, 4) is 0 Å². The highest BCUT2D eigenvalue weighted by molar-refractivity contribution is 5.05. The van der Waals surface area contributed by atoms with Gasteiger partial charge in [0.2, 0.25) is 0 Å². The number of alkyl halides is 4. The quantitative estimate of drug-likeness (QED) is 0.517. The standard InChI is InChI=1S/C8H10F5N/c1-6(9)7(10,11)8(12,13)14-4-2-3-5-14/h1-5H2. The Morgan fingerprint density at radius 1 is 1.07 bits per heavy atom. The first kappa shape index (κ1) is 11.4. The number of rotatable bonds is 3. The molecule has 0 spiro atoms. The predicted octanol–water partition coefficient (Wildman–Crippen LogP) is 2.79.